The number of benzene rings is 2. The van der Waals surface area contributed by atoms with Gasteiger partial charge in [-0.15, -0.1) is 0 Å². The summed E-state index contributed by atoms with van der Waals surface area (Å²) in [6.45, 7) is 0.172. The zero-order valence-corrected chi connectivity index (χ0v) is 17.9. The molecular weight excluding hydrogens is 448 g/mol. The Balaban J connectivity index is 1.60. The van der Waals surface area contributed by atoms with Crippen molar-refractivity contribution >= 4 is 29.5 Å². The Morgan fingerprint density at radius 1 is 1.18 bits per heavy atom. The molecule has 2 aromatic rings. The number of aliphatic hydroxyl groups excluding tert-OH is 1. The first kappa shape index (κ1) is 24.5. The minimum Gasteiger partial charge on any atom is -0.492 e. The Bertz CT molecular complexity index is 1090. The average Bonchev–Trinajstić information content (AvgIpc) is 3.14. The number of hydrogen-bond acceptors (Lipinski definition) is 8. The van der Waals surface area contributed by atoms with E-state index < -0.39 is 36.6 Å². The maximum Gasteiger partial charge on any atom is 0.343 e. The summed E-state index contributed by atoms with van der Waals surface area (Å²) in [4.78, 5) is 35.8. The lowest BCUT2D eigenvalue weighted by atomic mass is 9.97. The number of rotatable bonds is 9. The van der Waals surface area contributed by atoms with Crippen molar-refractivity contribution in [3.05, 3.63) is 53.6 Å². The Labute approximate surface area is 193 Å². The van der Waals surface area contributed by atoms with Crippen LogP contribution in [0, 0.1) is 5.41 Å². The average molecular weight is 472 g/mol. The van der Waals surface area contributed by atoms with Crippen molar-refractivity contribution in [1.29, 1.82) is 5.41 Å². The van der Waals surface area contributed by atoms with Crippen LogP contribution in [0.3, 0.4) is 0 Å². The van der Waals surface area contributed by atoms with Gasteiger partial charge in [-0.25, -0.2) is 9.59 Å². The van der Waals surface area contributed by atoms with E-state index >= 15 is 0 Å². The number of hydrogen-bond donors (Lipinski definition) is 7. The number of nitrogens with two attached hydrogens (primary N) is 1. The molecule has 1 amide bonds. The fourth-order valence-corrected chi connectivity index (χ4v) is 3.41. The van der Waals surface area contributed by atoms with E-state index in [9.17, 15) is 14.4 Å². The number of fused-ring (bicyclic) bond motifs is 1. The normalized spacial score (nSPS) is 15.1. The van der Waals surface area contributed by atoms with Crippen LogP contribution in [0.4, 0.5) is 5.69 Å². The Hall–Kier alpha value is -4.16. The summed E-state index contributed by atoms with van der Waals surface area (Å²) >= 11 is 0. The lowest BCUT2D eigenvalue weighted by molar-refractivity contribution is -0.145. The van der Waals surface area contributed by atoms with Crippen LogP contribution < -0.4 is 25.8 Å². The van der Waals surface area contributed by atoms with Gasteiger partial charge < -0.3 is 41.2 Å². The number of carboxylic acids is 1. The summed E-state index contributed by atoms with van der Waals surface area (Å²) in [6.07, 6.45) is -2.48. The van der Waals surface area contributed by atoms with Gasteiger partial charge >= 0.3 is 11.9 Å². The number of anilines is 1. The number of carbonyl (C=O) groups is 3. The lowest BCUT2D eigenvalue weighted by Gasteiger charge is -2.16. The van der Waals surface area contributed by atoms with Crippen LogP contribution in [-0.2, 0) is 9.59 Å². The van der Waals surface area contributed by atoms with Gasteiger partial charge in [0.2, 0.25) is 5.91 Å². The van der Waals surface area contributed by atoms with E-state index in [0.717, 1.165) is 0 Å². The number of carbonyl (C=O) groups excluding carboxylic acids is 2. The highest BCUT2D eigenvalue weighted by atomic mass is 16.5. The summed E-state index contributed by atoms with van der Waals surface area (Å²) in [5.74, 6) is -2.46. The number of esters is 1. The molecule has 8 N–H and O–H groups in total. The first-order valence-electron chi connectivity index (χ1n) is 10.2. The lowest BCUT2D eigenvalue weighted by Crippen LogP contribution is -2.43. The van der Waals surface area contributed by atoms with Gasteiger partial charge in [0.15, 0.2) is 12.2 Å². The molecule has 12 nitrogen and oxygen atoms in total. The molecule has 2 atom stereocenters. The highest BCUT2D eigenvalue weighted by molar-refractivity contribution is 5.93. The summed E-state index contributed by atoms with van der Waals surface area (Å²) in [6, 6.07) is 9.52. The van der Waals surface area contributed by atoms with E-state index in [-0.39, 0.29) is 36.2 Å². The summed E-state index contributed by atoms with van der Waals surface area (Å²) < 4.78 is 11.0. The zero-order valence-electron chi connectivity index (χ0n) is 17.9. The van der Waals surface area contributed by atoms with E-state index in [4.69, 9.17) is 35.9 Å². The predicted molar refractivity (Wildman–Crippen MR) is 119 cm³/mol. The quantitative estimate of drug-likeness (QED) is 0.0876. The maximum absolute atomic E-state index is 12.4. The number of carboxylic acid groups (broad SMARTS) is 1. The van der Waals surface area contributed by atoms with Crippen LogP contribution in [0.5, 0.6) is 11.5 Å². The van der Waals surface area contributed by atoms with E-state index in [1.165, 1.54) is 18.2 Å². The van der Waals surface area contributed by atoms with Crippen LogP contribution in [-0.4, -0.2) is 58.1 Å². The minimum absolute atomic E-state index is 0.0713. The van der Waals surface area contributed by atoms with Crippen molar-refractivity contribution in [2.45, 2.75) is 31.1 Å². The van der Waals surface area contributed by atoms with Gasteiger partial charge in [0, 0.05) is 36.1 Å². The monoisotopic (exact) mass is 472 g/mol. The zero-order chi connectivity index (χ0) is 24.8. The molecule has 2 aromatic carbocycles. The highest BCUT2D eigenvalue weighted by Gasteiger charge is 2.29. The molecule has 12 heteroatoms. The van der Waals surface area contributed by atoms with E-state index in [0.29, 0.717) is 17.0 Å². The smallest absolute Gasteiger partial charge is 0.343 e. The SMILES string of the molecule is N=C(N)Nc1ccc(C(=O)Oc2ccc3c(c2)OC[C@H]3CC(=O)N[C@@H](CC(O)O)C(=O)O)cc1. The van der Waals surface area contributed by atoms with Gasteiger partial charge in [-0.3, -0.25) is 10.2 Å². The Kier molecular flexibility index (Phi) is 7.66. The fraction of sp³-hybridized carbons (Fsp3) is 0.273. The molecule has 180 valence electrons. The highest BCUT2D eigenvalue weighted by Crippen LogP contribution is 2.38. The Morgan fingerprint density at radius 2 is 1.88 bits per heavy atom. The summed E-state index contributed by atoms with van der Waals surface area (Å²) in [5, 5.41) is 39.1. The van der Waals surface area contributed by atoms with E-state index in [1.54, 1.807) is 24.3 Å². The molecule has 0 saturated carbocycles. The van der Waals surface area contributed by atoms with Crippen molar-refractivity contribution in [3.8, 4) is 11.5 Å². The molecule has 0 radical (unpaired) electrons. The number of aliphatic carboxylic acids is 1. The maximum atomic E-state index is 12.4. The third-order valence-electron chi connectivity index (χ3n) is 4.99. The second-order valence-electron chi connectivity index (χ2n) is 7.59. The molecule has 1 aliphatic rings. The summed E-state index contributed by atoms with van der Waals surface area (Å²) in [5.41, 5.74) is 6.79. The molecule has 0 aliphatic carbocycles. The van der Waals surface area contributed by atoms with Gasteiger partial charge in [0.1, 0.15) is 17.5 Å². The molecule has 34 heavy (non-hydrogen) atoms. The van der Waals surface area contributed by atoms with Crippen molar-refractivity contribution in [2.24, 2.45) is 5.73 Å². The van der Waals surface area contributed by atoms with Crippen LogP contribution in [0.25, 0.3) is 0 Å². The van der Waals surface area contributed by atoms with Crippen LogP contribution >= 0.6 is 0 Å². The third-order valence-corrected chi connectivity index (χ3v) is 4.99. The molecule has 3 rings (SSSR count). The van der Waals surface area contributed by atoms with E-state index in [1.807, 2.05) is 0 Å². The molecule has 0 aromatic heterocycles. The largest absolute Gasteiger partial charge is 0.492 e. The minimum atomic E-state index is -1.87. The van der Waals surface area contributed by atoms with E-state index in [2.05, 4.69) is 10.6 Å². The molecule has 0 saturated heterocycles. The standard InChI is InChI=1S/C22H24N4O8/c23-22(24)25-13-3-1-11(2-4-13)21(32)34-14-5-6-15-12(10-33-17(15)8-14)7-18(27)26-16(20(30)31)9-19(28)29/h1-6,8,12,16,19,28-29H,7,9-10H2,(H,26,27)(H,30,31)(H4,23,24,25)/t12-,16+/m1/s1. The van der Waals surface area contributed by atoms with Gasteiger partial charge in [0.25, 0.3) is 0 Å². The topological polar surface area (TPSA) is 204 Å². The molecular formula is C22H24N4O8. The number of guanidine groups is 1. The predicted octanol–water partition coefficient (Wildman–Crippen LogP) is 0.347. The molecule has 0 bridgehead atoms. The van der Waals surface area contributed by atoms with Crippen molar-refractivity contribution in [3.63, 3.8) is 0 Å². The molecule has 0 unspecified atom stereocenters. The number of aliphatic hydroxyl groups is 2. The number of nitrogens with one attached hydrogen (secondary N) is 3. The van der Waals surface area contributed by atoms with Crippen molar-refractivity contribution in [1.82, 2.24) is 5.32 Å². The van der Waals surface area contributed by atoms with Gasteiger partial charge in [-0.1, -0.05) is 6.07 Å². The number of amides is 1. The second kappa shape index (κ2) is 10.6. The first-order chi connectivity index (χ1) is 16.1. The van der Waals surface area contributed by atoms with Crippen LogP contribution in [0.15, 0.2) is 42.5 Å². The molecule has 1 heterocycles. The van der Waals surface area contributed by atoms with Crippen molar-refractivity contribution in [2.75, 3.05) is 11.9 Å². The molecule has 0 spiro atoms. The number of ether oxygens (including phenoxy) is 2. The first-order valence-corrected chi connectivity index (χ1v) is 10.2. The Morgan fingerprint density at radius 3 is 2.50 bits per heavy atom. The second-order valence-corrected chi connectivity index (χ2v) is 7.59. The van der Waals surface area contributed by atoms with Gasteiger partial charge in [0.05, 0.1) is 12.2 Å². The fourth-order valence-electron chi connectivity index (χ4n) is 3.41. The summed E-state index contributed by atoms with van der Waals surface area (Å²) in [7, 11) is 0. The van der Waals surface area contributed by atoms with Crippen LogP contribution in [0.2, 0.25) is 0 Å². The molecule has 1 aliphatic heterocycles. The van der Waals surface area contributed by atoms with Crippen molar-refractivity contribution < 1.29 is 39.2 Å². The van der Waals surface area contributed by atoms with Gasteiger partial charge in [-0.05, 0) is 30.3 Å². The molecule has 0 fully saturated rings. The van der Waals surface area contributed by atoms with Gasteiger partial charge in [-0.2, -0.15) is 0 Å². The van der Waals surface area contributed by atoms with Crippen LogP contribution in [0.1, 0.15) is 34.7 Å². The third kappa shape index (κ3) is 6.43.